The minimum Gasteiger partial charge on any atom is -0.322 e. The van der Waals surface area contributed by atoms with E-state index in [1.54, 1.807) is 24.4 Å². The van der Waals surface area contributed by atoms with Crippen LogP contribution in [0, 0.1) is 5.82 Å². The molecule has 1 aliphatic rings. The van der Waals surface area contributed by atoms with E-state index in [9.17, 15) is 27.2 Å². The summed E-state index contributed by atoms with van der Waals surface area (Å²) >= 11 is 0. The molecule has 10 heteroatoms. The number of halogens is 4. The van der Waals surface area contributed by atoms with E-state index in [2.05, 4.69) is 27.2 Å². The van der Waals surface area contributed by atoms with Gasteiger partial charge in [-0.25, -0.2) is 9.37 Å². The van der Waals surface area contributed by atoms with Crippen LogP contribution >= 0.6 is 0 Å². The molecule has 2 aromatic heterocycles. The van der Waals surface area contributed by atoms with Gasteiger partial charge in [-0.2, -0.15) is 13.2 Å². The molecule has 0 aliphatic heterocycles. The van der Waals surface area contributed by atoms with E-state index in [4.69, 9.17) is 0 Å². The number of nitrogens with zero attached hydrogens (tertiary/aromatic N) is 2. The first-order valence-electron chi connectivity index (χ1n) is 11.4. The molecule has 0 bridgehead atoms. The van der Waals surface area contributed by atoms with Gasteiger partial charge in [0.1, 0.15) is 17.3 Å². The summed E-state index contributed by atoms with van der Waals surface area (Å²) in [6.07, 6.45) is 1.32. The third-order valence-corrected chi connectivity index (χ3v) is 5.90. The van der Waals surface area contributed by atoms with Crippen molar-refractivity contribution in [1.29, 1.82) is 0 Å². The molecule has 0 radical (unpaired) electrons. The molecule has 1 atom stereocenters. The molecule has 0 spiro atoms. The van der Waals surface area contributed by atoms with Crippen molar-refractivity contribution < 1.29 is 27.2 Å². The first kappa shape index (κ1) is 26.5. The third-order valence-electron chi connectivity index (χ3n) is 5.90. The fraction of sp³-hybridized carbons (Fsp3) is 0.143. The van der Waals surface area contributed by atoms with Crippen molar-refractivity contribution in [2.45, 2.75) is 25.9 Å². The predicted molar refractivity (Wildman–Crippen MR) is 136 cm³/mol. The van der Waals surface area contributed by atoms with Gasteiger partial charge in [0.2, 0.25) is 5.91 Å². The number of amides is 2. The van der Waals surface area contributed by atoms with Gasteiger partial charge in [0, 0.05) is 42.0 Å². The zero-order chi connectivity index (χ0) is 27.6. The molecule has 0 saturated heterocycles. The highest BCUT2D eigenvalue weighted by Gasteiger charge is 2.33. The summed E-state index contributed by atoms with van der Waals surface area (Å²) in [5.74, 6) is -1.60. The zero-order valence-electron chi connectivity index (χ0n) is 20.4. The Bertz CT molecular complexity index is 1510. The van der Waals surface area contributed by atoms with Crippen LogP contribution in [-0.4, -0.2) is 21.8 Å². The van der Waals surface area contributed by atoms with E-state index in [0.717, 1.165) is 29.0 Å². The van der Waals surface area contributed by atoms with Gasteiger partial charge in [-0.05, 0) is 71.7 Å². The van der Waals surface area contributed by atoms with E-state index in [-0.39, 0.29) is 28.6 Å². The molecule has 1 aliphatic carbocycles. The molecule has 6 nitrogen and oxygen atoms in total. The lowest BCUT2D eigenvalue weighted by Gasteiger charge is -2.24. The summed E-state index contributed by atoms with van der Waals surface area (Å²) < 4.78 is 53.9. The highest BCUT2D eigenvalue weighted by molar-refractivity contribution is 6.04. The van der Waals surface area contributed by atoms with Crippen LogP contribution in [0.15, 0.2) is 84.7 Å². The van der Waals surface area contributed by atoms with E-state index in [1.807, 2.05) is 13.0 Å². The minimum absolute atomic E-state index is 0.182. The fourth-order valence-electron chi connectivity index (χ4n) is 4.01. The molecule has 1 aromatic carbocycles. The second-order valence-corrected chi connectivity index (χ2v) is 8.68. The van der Waals surface area contributed by atoms with Crippen molar-refractivity contribution in [2.24, 2.45) is 0 Å². The lowest BCUT2D eigenvalue weighted by Crippen LogP contribution is -2.15. The summed E-state index contributed by atoms with van der Waals surface area (Å²) in [4.78, 5) is 31.4. The van der Waals surface area contributed by atoms with Crippen LogP contribution in [0.25, 0.3) is 5.57 Å². The highest BCUT2D eigenvalue weighted by atomic mass is 19.4. The minimum atomic E-state index is -4.70. The number of carbonyl (C=O) groups is 2. The molecule has 2 N–H and O–H groups in total. The molecular weight excluding hydrogens is 500 g/mol. The molecule has 4 rings (SSSR count). The average Bonchev–Trinajstić information content (AvgIpc) is 2.86. The van der Waals surface area contributed by atoms with Gasteiger partial charge < -0.3 is 10.6 Å². The molecular formula is C28H22F4N4O2. The van der Waals surface area contributed by atoms with Gasteiger partial charge in [0.25, 0.3) is 5.91 Å². The maximum absolute atomic E-state index is 15.0. The van der Waals surface area contributed by atoms with Crippen molar-refractivity contribution in [2.75, 3.05) is 10.6 Å². The maximum Gasteiger partial charge on any atom is 0.433 e. The molecule has 2 amide bonds. The van der Waals surface area contributed by atoms with Gasteiger partial charge in [-0.15, -0.1) is 0 Å². The van der Waals surface area contributed by atoms with Crippen molar-refractivity contribution in [3.05, 3.63) is 113 Å². The topological polar surface area (TPSA) is 84.0 Å². The Kier molecular flexibility index (Phi) is 7.25. The Hall–Kier alpha value is -4.60. The molecule has 0 fully saturated rings. The molecule has 0 saturated carbocycles. The summed E-state index contributed by atoms with van der Waals surface area (Å²) in [6, 6.07) is 9.19. The Morgan fingerprint density at radius 2 is 1.74 bits per heavy atom. The Morgan fingerprint density at radius 3 is 2.45 bits per heavy atom. The SMILES string of the molecule is C=C1C(C)=CC(c2cc(NC(=O)c3ccnc(C(F)(F)F)c3)ccc2F)=CC1c1ccnc(NC(C)=O)c1. The molecule has 38 heavy (non-hydrogen) atoms. The lowest BCUT2D eigenvalue weighted by molar-refractivity contribution is -0.141. The van der Waals surface area contributed by atoms with Crippen LogP contribution < -0.4 is 10.6 Å². The predicted octanol–water partition coefficient (Wildman–Crippen LogP) is 6.53. The summed E-state index contributed by atoms with van der Waals surface area (Å²) in [6.45, 7) is 7.36. The Balaban J connectivity index is 1.65. The van der Waals surface area contributed by atoms with Crippen LogP contribution in [0.4, 0.5) is 29.1 Å². The number of anilines is 2. The quantitative estimate of drug-likeness (QED) is 0.373. The standard InChI is InChI=1S/C28H22F4N4O2/c1-15-10-20(11-22(16(15)2)18-6-9-34-26(13-18)35-17(3)37)23-14-21(4-5-24(23)29)36-27(38)19-7-8-33-25(12-19)28(30,31)32/h4-14,22H,2H2,1,3H3,(H,36,38)(H,34,35,37). The molecule has 3 aromatic rings. The largest absolute Gasteiger partial charge is 0.433 e. The monoisotopic (exact) mass is 522 g/mol. The number of alkyl halides is 3. The second-order valence-electron chi connectivity index (χ2n) is 8.68. The third kappa shape index (κ3) is 5.86. The normalized spacial score (nSPS) is 15.4. The second kappa shape index (κ2) is 10.4. The van der Waals surface area contributed by atoms with Gasteiger partial charge in [-0.1, -0.05) is 18.7 Å². The smallest absolute Gasteiger partial charge is 0.322 e. The fourth-order valence-corrected chi connectivity index (χ4v) is 4.01. The van der Waals surface area contributed by atoms with Gasteiger partial charge in [-0.3, -0.25) is 14.6 Å². The van der Waals surface area contributed by atoms with Crippen LogP contribution in [0.3, 0.4) is 0 Å². The van der Waals surface area contributed by atoms with Gasteiger partial charge in [0.05, 0.1) is 0 Å². The number of hydrogen-bond acceptors (Lipinski definition) is 4. The number of benzene rings is 1. The Morgan fingerprint density at radius 1 is 1.00 bits per heavy atom. The number of pyridine rings is 2. The maximum atomic E-state index is 15.0. The molecule has 2 heterocycles. The highest BCUT2D eigenvalue weighted by Crippen LogP contribution is 2.39. The Labute approximate surface area is 215 Å². The van der Waals surface area contributed by atoms with Crippen LogP contribution in [0.5, 0.6) is 0 Å². The van der Waals surface area contributed by atoms with Crippen molar-refractivity contribution in [3.8, 4) is 0 Å². The summed E-state index contributed by atoms with van der Waals surface area (Å²) in [5.41, 5.74) is 1.82. The van der Waals surface area contributed by atoms with Gasteiger partial charge >= 0.3 is 6.18 Å². The summed E-state index contributed by atoms with van der Waals surface area (Å²) in [5, 5.41) is 5.15. The van der Waals surface area contributed by atoms with Crippen molar-refractivity contribution in [1.82, 2.24) is 9.97 Å². The average molecular weight is 523 g/mol. The number of hydrogen-bond donors (Lipinski definition) is 2. The first-order chi connectivity index (χ1) is 17.9. The van der Waals surface area contributed by atoms with Crippen LogP contribution in [-0.2, 0) is 11.0 Å². The number of nitrogens with one attached hydrogen (secondary N) is 2. The van der Waals surface area contributed by atoms with E-state index < -0.39 is 23.6 Å². The molecule has 1 unspecified atom stereocenters. The number of rotatable bonds is 5. The lowest BCUT2D eigenvalue weighted by atomic mass is 9.81. The number of carbonyl (C=O) groups excluding carboxylic acids is 2. The van der Waals surface area contributed by atoms with Gasteiger partial charge in [0.15, 0.2) is 0 Å². The zero-order valence-corrected chi connectivity index (χ0v) is 20.4. The van der Waals surface area contributed by atoms with Crippen molar-refractivity contribution in [3.63, 3.8) is 0 Å². The van der Waals surface area contributed by atoms with Crippen LogP contribution in [0.2, 0.25) is 0 Å². The van der Waals surface area contributed by atoms with E-state index in [1.165, 1.54) is 25.1 Å². The molecule has 194 valence electrons. The van der Waals surface area contributed by atoms with E-state index in [0.29, 0.717) is 17.5 Å². The van der Waals surface area contributed by atoms with Crippen molar-refractivity contribution >= 4 is 28.9 Å². The number of aromatic nitrogens is 2. The van der Waals surface area contributed by atoms with Crippen LogP contribution in [0.1, 0.15) is 46.9 Å². The first-order valence-corrected chi connectivity index (χ1v) is 11.4. The number of allylic oxidation sites excluding steroid dienone is 5. The summed E-state index contributed by atoms with van der Waals surface area (Å²) in [7, 11) is 0. The van der Waals surface area contributed by atoms with E-state index >= 15 is 0 Å².